The molecule has 0 spiro atoms. The molecule has 1 aliphatic rings. The molecule has 0 radical (unpaired) electrons. The van der Waals surface area contributed by atoms with Crippen LogP contribution in [0, 0.1) is 6.92 Å². The molecule has 1 aromatic carbocycles. The molecular weight excluding hydrogens is 426 g/mol. The summed E-state index contributed by atoms with van der Waals surface area (Å²) in [6.45, 7) is 15.4. The highest BCUT2D eigenvalue weighted by Crippen LogP contribution is 2.34. The first-order chi connectivity index (χ1) is 16.4. The normalized spacial score (nSPS) is 17.2. The van der Waals surface area contributed by atoms with Gasteiger partial charge in [0.25, 0.3) is 0 Å². The van der Waals surface area contributed by atoms with Crippen molar-refractivity contribution in [2.75, 3.05) is 13.2 Å². The predicted molar refractivity (Wildman–Crippen MR) is 137 cm³/mol. The molecule has 0 amide bonds. The molecule has 1 atom stereocenters. The monoisotopic (exact) mass is 461 g/mol. The second-order valence-electron chi connectivity index (χ2n) is 8.76. The zero-order chi connectivity index (χ0) is 24.2. The van der Waals surface area contributed by atoms with Crippen molar-refractivity contribution in [3.8, 4) is 22.9 Å². The second kappa shape index (κ2) is 10.3. The summed E-state index contributed by atoms with van der Waals surface area (Å²) < 4.78 is 16.1. The number of nitrogens with zero attached hydrogens (tertiary/aromatic N) is 4. The van der Waals surface area contributed by atoms with Crippen molar-refractivity contribution in [2.45, 2.75) is 53.3 Å². The van der Waals surface area contributed by atoms with Gasteiger partial charge in [-0.1, -0.05) is 31.7 Å². The van der Waals surface area contributed by atoms with E-state index in [1.807, 2.05) is 20.2 Å². The van der Waals surface area contributed by atoms with E-state index in [0.29, 0.717) is 25.6 Å². The topological polar surface area (TPSA) is 66.1 Å². The lowest BCUT2D eigenvalue weighted by Gasteiger charge is -2.17. The summed E-state index contributed by atoms with van der Waals surface area (Å²) in [5.74, 6) is 1.42. The van der Waals surface area contributed by atoms with Crippen LogP contribution in [0.1, 0.15) is 49.6 Å². The number of allylic oxidation sites excluding steroid dienone is 2. The number of nitrogens with one attached hydrogen (secondary N) is 1. The van der Waals surface area contributed by atoms with Gasteiger partial charge < -0.3 is 14.8 Å². The van der Waals surface area contributed by atoms with Gasteiger partial charge in [0.15, 0.2) is 0 Å². The average molecular weight is 462 g/mol. The number of fused-ring (bicyclic) bond motifs is 5. The zero-order valence-corrected chi connectivity index (χ0v) is 20.9. The first kappa shape index (κ1) is 23.8. The number of rotatable bonds is 4. The van der Waals surface area contributed by atoms with Crippen molar-refractivity contribution in [3.05, 3.63) is 59.4 Å². The average Bonchev–Trinajstić information content (AvgIpc) is 3.32. The van der Waals surface area contributed by atoms with Gasteiger partial charge in [-0.15, -0.1) is 5.10 Å². The third-order valence-corrected chi connectivity index (χ3v) is 6.05. The molecule has 7 heteroatoms. The molecular formula is C27H35N5O2. The maximum Gasteiger partial charge on any atom is 0.240 e. The molecule has 180 valence electrons. The van der Waals surface area contributed by atoms with Gasteiger partial charge in [-0.3, -0.25) is 4.68 Å². The Balaban J connectivity index is 1.83. The van der Waals surface area contributed by atoms with Gasteiger partial charge >= 0.3 is 0 Å². The smallest absolute Gasteiger partial charge is 0.240 e. The van der Waals surface area contributed by atoms with Gasteiger partial charge in [0, 0.05) is 26.7 Å². The fraction of sp³-hybridized carbons (Fsp3) is 0.407. The standard InChI is InChI=1S/C27H35N5O2/c1-7-13-32-25-17-28-15-20(5)34-27-24(16-29-31(27)6)21-11-9-18(3)23(14-21)19(4)10-12-22(25)26(30-32)33-8-2/h9-12,14,16,20,28H,4,7-8,13,15,17H2,1-3,5-6H3/b12-10+/t20-/m1/s1. The Morgan fingerprint density at radius 1 is 1.24 bits per heavy atom. The third-order valence-electron chi connectivity index (χ3n) is 6.05. The highest BCUT2D eigenvalue weighted by atomic mass is 16.5. The van der Waals surface area contributed by atoms with Gasteiger partial charge in [0.1, 0.15) is 6.10 Å². The first-order valence-electron chi connectivity index (χ1n) is 12.0. The fourth-order valence-corrected chi connectivity index (χ4v) is 4.28. The zero-order valence-electron chi connectivity index (χ0n) is 20.9. The Hall–Kier alpha value is -3.32. The van der Waals surface area contributed by atoms with Crippen LogP contribution in [0.25, 0.3) is 22.8 Å². The van der Waals surface area contributed by atoms with Gasteiger partial charge in [0.2, 0.25) is 11.8 Å². The molecule has 1 N–H and O–H groups in total. The number of aryl methyl sites for hydroxylation is 3. The third kappa shape index (κ3) is 4.80. The van der Waals surface area contributed by atoms with Crippen LogP contribution in [0.5, 0.6) is 11.8 Å². The van der Waals surface area contributed by atoms with Gasteiger partial charge in [0.05, 0.1) is 29.6 Å². The number of aromatic nitrogens is 4. The highest BCUT2D eigenvalue weighted by Gasteiger charge is 2.20. The molecule has 0 saturated carbocycles. The van der Waals surface area contributed by atoms with Crippen LogP contribution in [0.4, 0.5) is 0 Å². The summed E-state index contributed by atoms with van der Waals surface area (Å²) in [7, 11) is 1.91. The van der Waals surface area contributed by atoms with Crippen molar-refractivity contribution in [1.82, 2.24) is 24.9 Å². The SMILES string of the molecule is C=C1/C=C/c2c(OCC)nn(CCC)c2CNC[C@@H](C)Oc2c(cnn2C)-c2ccc(C)c1c2. The minimum absolute atomic E-state index is 0.0490. The molecule has 34 heavy (non-hydrogen) atoms. The van der Waals surface area contributed by atoms with E-state index in [0.717, 1.165) is 57.9 Å². The van der Waals surface area contributed by atoms with Crippen molar-refractivity contribution < 1.29 is 9.47 Å². The second-order valence-corrected chi connectivity index (χ2v) is 8.76. The molecule has 0 unspecified atom stereocenters. The molecule has 2 bridgehead atoms. The predicted octanol–water partition coefficient (Wildman–Crippen LogP) is 5.00. The van der Waals surface area contributed by atoms with Gasteiger partial charge in [-0.25, -0.2) is 4.68 Å². The van der Waals surface area contributed by atoms with E-state index in [1.165, 1.54) is 0 Å². The summed E-state index contributed by atoms with van der Waals surface area (Å²) in [6, 6.07) is 6.40. The Labute approximate surface area is 202 Å². The van der Waals surface area contributed by atoms with Crippen molar-refractivity contribution in [3.63, 3.8) is 0 Å². The number of benzene rings is 1. The quantitative estimate of drug-likeness (QED) is 0.592. The molecule has 3 heterocycles. The minimum Gasteiger partial charge on any atom is -0.476 e. The minimum atomic E-state index is -0.0490. The van der Waals surface area contributed by atoms with Gasteiger partial charge in [-0.2, -0.15) is 5.10 Å². The van der Waals surface area contributed by atoms with E-state index in [9.17, 15) is 0 Å². The molecule has 1 aliphatic heterocycles. The van der Waals surface area contributed by atoms with Crippen molar-refractivity contribution in [2.24, 2.45) is 7.05 Å². The van der Waals surface area contributed by atoms with E-state index in [1.54, 1.807) is 4.68 Å². The van der Waals surface area contributed by atoms with E-state index in [2.05, 4.69) is 72.8 Å². The molecule has 4 rings (SSSR count). The molecule has 2 aromatic heterocycles. The Kier molecular flexibility index (Phi) is 7.22. The fourth-order valence-electron chi connectivity index (χ4n) is 4.28. The lowest BCUT2D eigenvalue weighted by atomic mass is 9.96. The van der Waals surface area contributed by atoms with E-state index >= 15 is 0 Å². The maximum atomic E-state index is 6.36. The Morgan fingerprint density at radius 3 is 2.82 bits per heavy atom. The van der Waals surface area contributed by atoms with Crippen LogP contribution in [0.2, 0.25) is 0 Å². The molecule has 3 aromatic rings. The van der Waals surface area contributed by atoms with E-state index in [-0.39, 0.29) is 6.10 Å². The number of ether oxygens (including phenoxy) is 2. The summed E-state index contributed by atoms with van der Waals surface area (Å²) in [5.41, 5.74) is 7.30. The highest BCUT2D eigenvalue weighted by molar-refractivity contribution is 5.83. The van der Waals surface area contributed by atoms with Crippen LogP contribution in [0.3, 0.4) is 0 Å². The van der Waals surface area contributed by atoms with Gasteiger partial charge in [-0.05, 0) is 61.6 Å². The molecule has 7 nitrogen and oxygen atoms in total. The maximum absolute atomic E-state index is 6.36. The van der Waals surface area contributed by atoms with Crippen LogP contribution >= 0.6 is 0 Å². The Morgan fingerprint density at radius 2 is 2.06 bits per heavy atom. The molecule has 0 saturated heterocycles. The molecule has 0 aliphatic carbocycles. The first-order valence-corrected chi connectivity index (χ1v) is 12.0. The Bertz CT molecular complexity index is 1200. The number of hydrogen-bond acceptors (Lipinski definition) is 5. The largest absolute Gasteiger partial charge is 0.476 e. The van der Waals surface area contributed by atoms with Crippen LogP contribution in [-0.2, 0) is 20.1 Å². The van der Waals surface area contributed by atoms with Crippen LogP contribution in [-0.4, -0.2) is 38.8 Å². The number of hydrogen-bond donors (Lipinski definition) is 1. The van der Waals surface area contributed by atoms with Crippen LogP contribution < -0.4 is 14.8 Å². The van der Waals surface area contributed by atoms with Crippen LogP contribution in [0.15, 0.2) is 37.1 Å². The van der Waals surface area contributed by atoms with Crippen molar-refractivity contribution >= 4 is 11.6 Å². The lowest BCUT2D eigenvalue weighted by Crippen LogP contribution is -2.30. The summed E-state index contributed by atoms with van der Waals surface area (Å²) in [5, 5.41) is 12.8. The van der Waals surface area contributed by atoms with E-state index in [4.69, 9.17) is 14.6 Å². The summed E-state index contributed by atoms with van der Waals surface area (Å²) in [4.78, 5) is 0. The summed E-state index contributed by atoms with van der Waals surface area (Å²) in [6.07, 6.45) is 6.96. The lowest BCUT2D eigenvalue weighted by molar-refractivity contribution is 0.199. The van der Waals surface area contributed by atoms with E-state index < -0.39 is 0 Å². The summed E-state index contributed by atoms with van der Waals surface area (Å²) >= 11 is 0. The van der Waals surface area contributed by atoms with Crippen molar-refractivity contribution in [1.29, 1.82) is 0 Å². The molecule has 0 fully saturated rings.